The van der Waals surface area contributed by atoms with Crippen molar-refractivity contribution in [3.63, 3.8) is 0 Å². The van der Waals surface area contributed by atoms with Crippen LogP contribution < -0.4 is 15.4 Å². The van der Waals surface area contributed by atoms with Crippen LogP contribution in [0.15, 0.2) is 46.9 Å². The summed E-state index contributed by atoms with van der Waals surface area (Å²) in [6.07, 6.45) is 0.986. The lowest BCUT2D eigenvalue weighted by atomic mass is 10.2. The quantitative estimate of drug-likeness (QED) is 0.497. The molecule has 2 aromatic rings. The molecule has 0 saturated carbocycles. The van der Waals surface area contributed by atoms with E-state index in [0.29, 0.717) is 19.7 Å². The van der Waals surface area contributed by atoms with Crippen molar-refractivity contribution in [1.29, 1.82) is 0 Å². The van der Waals surface area contributed by atoms with Gasteiger partial charge in [-0.05, 0) is 55.4 Å². The van der Waals surface area contributed by atoms with Gasteiger partial charge in [0.2, 0.25) is 0 Å². The molecule has 3 N–H and O–H groups in total. The van der Waals surface area contributed by atoms with Crippen LogP contribution in [0.25, 0.3) is 0 Å². The topological polar surface area (TPSA) is 53.5 Å². The van der Waals surface area contributed by atoms with E-state index in [9.17, 15) is 4.39 Å². The highest BCUT2D eigenvalue weighted by Crippen LogP contribution is 2.24. The Morgan fingerprint density at radius 1 is 1.00 bits per heavy atom. The molecule has 2 aromatic carbocycles. The lowest BCUT2D eigenvalue weighted by molar-refractivity contribution is 0.292. The maximum atomic E-state index is 13.0. The van der Waals surface area contributed by atoms with E-state index in [0.717, 1.165) is 40.9 Å². The Bertz CT molecular complexity index is 638. The largest absolute Gasteiger partial charge is 0.489 e. The van der Waals surface area contributed by atoms with Gasteiger partial charge in [-0.3, -0.25) is 0 Å². The van der Waals surface area contributed by atoms with E-state index >= 15 is 0 Å². The Hall–Kier alpha value is -1.47. The standard InChI is InChI=1S/C19H24BrFN2O2/c20-17-4-7-19(25-14-15-2-5-18(21)6-3-15)16(12-17)13-23-9-1-8-22-10-11-24/h2-7,12,22-24H,1,8-11,13-14H2. The number of hydrogen-bond donors (Lipinski definition) is 3. The lowest BCUT2D eigenvalue weighted by Gasteiger charge is -2.13. The van der Waals surface area contributed by atoms with Crippen molar-refractivity contribution in [1.82, 2.24) is 10.6 Å². The Kier molecular flexibility index (Phi) is 8.90. The van der Waals surface area contributed by atoms with Crippen LogP contribution >= 0.6 is 15.9 Å². The number of halogens is 2. The van der Waals surface area contributed by atoms with Gasteiger partial charge in [-0.25, -0.2) is 4.39 Å². The Balaban J connectivity index is 1.83. The van der Waals surface area contributed by atoms with Crippen molar-refractivity contribution in [3.8, 4) is 5.75 Å². The molecule has 0 unspecified atom stereocenters. The van der Waals surface area contributed by atoms with Crippen LogP contribution in [0, 0.1) is 5.82 Å². The molecule has 0 saturated heterocycles. The normalized spacial score (nSPS) is 10.8. The molecule has 25 heavy (non-hydrogen) atoms. The molecular formula is C19H24BrFN2O2. The summed E-state index contributed by atoms with van der Waals surface area (Å²) in [5, 5.41) is 15.3. The average Bonchev–Trinajstić information content (AvgIpc) is 2.61. The van der Waals surface area contributed by atoms with Gasteiger partial charge < -0.3 is 20.5 Å². The van der Waals surface area contributed by atoms with Crippen LogP contribution in [0.4, 0.5) is 4.39 Å². The maximum absolute atomic E-state index is 13.0. The molecule has 0 aliphatic heterocycles. The summed E-state index contributed by atoms with van der Waals surface area (Å²) in [4.78, 5) is 0. The van der Waals surface area contributed by atoms with E-state index in [2.05, 4.69) is 26.6 Å². The second-order valence-electron chi connectivity index (χ2n) is 5.67. The number of hydrogen-bond acceptors (Lipinski definition) is 4. The number of rotatable bonds is 11. The van der Waals surface area contributed by atoms with Gasteiger partial charge in [0.1, 0.15) is 18.2 Å². The highest BCUT2D eigenvalue weighted by atomic mass is 79.9. The van der Waals surface area contributed by atoms with Crippen molar-refractivity contribution in [2.75, 3.05) is 26.2 Å². The number of benzene rings is 2. The zero-order chi connectivity index (χ0) is 17.9. The molecule has 0 bridgehead atoms. The predicted molar refractivity (Wildman–Crippen MR) is 101 cm³/mol. The number of aliphatic hydroxyl groups excluding tert-OH is 1. The van der Waals surface area contributed by atoms with E-state index in [1.54, 1.807) is 12.1 Å². The Morgan fingerprint density at radius 2 is 1.76 bits per heavy atom. The molecule has 0 amide bonds. The third-order valence-electron chi connectivity index (χ3n) is 3.64. The number of ether oxygens (including phenoxy) is 1. The monoisotopic (exact) mass is 410 g/mol. The van der Waals surface area contributed by atoms with Gasteiger partial charge in [-0.1, -0.05) is 28.1 Å². The molecule has 0 radical (unpaired) electrons. The van der Waals surface area contributed by atoms with Gasteiger partial charge in [0, 0.05) is 23.1 Å². The lowest BCUT2D eigenvalue weighted by Crippen LogP contribution is -2.24. The van der Waals surface area contributed by atoms with Crippen LogP contribution in [0.1, 0.15) is 17.5 Å². The van der Waals surface area contributed by atoms with E-state index in [4.69, 9.17) is 9.84 Å². The summed E-state index contributed by atoms with van der Waals surface area (Å²) in [6.45, 7) is 3.66. The predicted octanol–water partition coefficient (Wildman–Crippen LogP) is 3.23. The van der Waals surface area contributed by atoms with Gasteiger partial charge in [0.15, 0.2) is 0 Å². The minimum Gasteiger partial charge on any atom is -0.489 e. The summed E-state index contributed by atoms with van der Waals surface area (Å²) >= 11 is 3.49. The van der Waals surface area contributed by atoms with Crippen molar-refractivity contribution in [2.45, 2.75) is 19.6 Å². The number of aliphatic hydroxyl groups is 1. The van der Waals surface area contributed by atoms with E-state index < -0.39 is 0 Å². The van der Waals surface area contributed by atoms with Crippen LogP contribution in [-0.4, -0.2) is 31.3 Å². The van der Waals surface area contributed by atoms with Gasteiger partial charge in [-0.15, -0.1) is 0 Å². The van der Waals surface area contributed by atoms with Crippen LogP contribution in [0.2, 0.25) is 0 Å². The van der Waals surface area contributed by atoms with Gasteiger partial charge in [0.25, 0.3) is 0 Å². The van der Waals surface area contributed by atoms with Gasteiger partial charge in [-0.2, -0.15) is 0 Å². The van der Waals surface area contributed by atoms with Crippen molar-refractivity contribution in [3.05, 3.63) is 63.9 Å². The van der Waals surface area contributed by atoms with Crippen molar-refractivity contribution in [2.24, 2.45) is 0 Å². The molecule has 0 fully saturated rings. The molecule has 136 valence electrons. The fraction of sp³-hybridized carbons (Fsp3) is 0.368. The minimum absolute atomic E-state index is 0.167. The van der Waals surface area contributed by atoms with Gasteiger partial charge in [0.05, 0.1) is 6.61 Å². The molecule has 0 heterocycles. The van der Waals surface area contributed by atoms with Crippen LogP contribution in [-0.2, 0) is 13.2 Å². The average molecular weight is 411 g/mol. The fourth-order valence-corrected chi connectivity index (χ4v) is 2.74. The van der Waals surface area contributed by atoms with E-state index in [1.807, 2.05) is 18.2 Å². The second kappa shape index (κ2) is 11.2. The zero-order valence-electron chi connectivity index (χ0n) is 14.1. The summed E-state index contributed by atoms with van der Waals surface area (Å²) in [5.41, 5.74) is 2.00. The first-order chi connectivity index (χ1) is 12.2. The molecule has 0 aliphatic carbocycles. The van der Waals surface area contributed by atoms with E-state index in [-0.39, 0.29) is 12.4 Å². The third kappa shape index (κ3) is 7.52. The molecule has 0 atom stereocenters. The molecule has 0 aromatic heterocycles. The highest BCUT2D eigenvalue weighted by Gasteiger charge is 2.05. The third-order valence-corrected chi connectivity index (χ3v) is 4.13. The summed E-state index contributed by atoms with van der Waals surface area (Å²) in [6, 6.07) is 12.3. The van der Waals surface area contributed by atoms with Crippen LogP contribution in [0.3, 0.4) is 0 Å². The molecule has 0 aliphatic rings. The Morgan fingerprint density at radius 3 is 2.52 bits per heavy atom. The summed E-state index contributed by atoms with van der Waals surface area (Å²) in [5.74, 6) is 0.573. The van der Waals surface area contributed by atoms with Crippen molar-refractivity contribution < 1.29 is 14.2 Å². The molecule has 0 spiro atoms. The summed E-state index contributed by atoms with van der Waals surface area (Å²) in [7, 11) is 0. The second-order valence-corrected chi connectivity index (χ2v) is 6.59. The first-order valence-electron chi connectivity index (χ1n) is 8.37. The molecule has 2 rings (SSSR count). The maximum Gasteiger partial charge on any atom is 0.124 e. The Labute approximate surface area is 156 Å². The zero-order valence-corrected chi connectivity index (χ0v) is 15.7. The molecular weight excluding hydrogens is 387 g/mol. The van der Waals surface area contributed by atoms with E-state index in [1.165, 1.54) is 12.1 Å². The van der Waals surface area contributed by atoms with Crippen LogP contribution in [0.5, 0.6) is 5.75 Å². The first kappa shape index (κ1) is 19.8. The summed E-state index contributed by atoms with van der Waals surface area (Å²) < 4.78 is 19.9. The van der Waals surface area contributed by atoms with Crippen molar-refractivity contribution >= 4 is 15.9 Å². The fourth-order valence-electron chi connectivity index (χ4n) is 2.33. The first-order valence-corrected chi connectivity index (χ1v) is 9.16. The minimum atomic E-state index is -0.245. The van der Waals surface area contributed by atoms with Gasteiger partial charge >= 0.3 is 0 Å². The SMILES string of the molecule is OCCNCCCNCc1cc(Br)ccc1OCc1ccc(F)cc1. The molecule has 4 nitrogen and oxygen atoms in total. The highest BCUT2D eigenvalue weighted by molar-refractivity contribution is 9.10. The smallest absolute Gasteiger partial charge is 0.124 e. The number of nitrogens with one attached hydrogen (secondary N) is 2. The molecule has 6 heteroatoms.